The highest BCUT2D eigenvalue weighted by atomic mass is 19.1. The van der Waals surface area contributed by atoms with Crippen molar-refractivity contribution in [3.05, 3.63) is 53.8 Å². The number of para-hydroxylation sites is 1. The van der Waals surface area contributed by atoms with Crippen LogP contribution >= 0.6 is 0 Å². The van der Waals surface area contributed by atoms with Crippen molar-refractivity contribution in [2.24, 2.45) is 0 Å². The number of hydrogen-bond donors (Lipinski definition) is 1. The van der Waals surface area contributed by atoms with Gasteiger partial charge in [-0.15, -0.1) is 0 Å². The molecule has 0 spiro atoms. The second-order valence-electron chi connectivity index (χ2n) is 5.39. The minimum Gasteiger partial charge on any atom is -0.493 e. The number of nitrogens with one attached hydrogen (secondary N) is 1. The Morgan fingerprint density at radius 3 is 2.71 bits per heavy atom. The molecule has 0 unspecified atom stereocenters. The van der Waals surface area contributed by atoms with Gasteiger partial charge in [0.1, 0.15) is 11.6 Å². The highest BCUT2D eigenvalue weighted by Gasteiger charge is 2.20. The third kappa shape index (κ3) is 3.42. The maximum absolute atomic E-state index is 14.2. The van der Waals surface area contributed by atoms with Gasteiger partial charge in [-0.3, -0.25) is 0 Å². The van der Waals surface area contributed by atoms with Gasteiger partial charge in [0.05, 0.1) is 6.61 Å². The van der Waals surface area contributed by atoms with Crippen LogP contribution in [-0.4, -0.2) is 12.6 Å². The SMILES string of the molecule is CCOc1ccccc1-c1ccc(CNC2CC2)c(F)c1. The molecule has 2 nitrogen and oxygen atoms in total. The Morgan fingerprint density at radius 1 is 1.19 bits per heavy atom. The molecule has 110 valence electrons. The van der Waals surface area contributed by atoms with E-state index in [1.54, 1.807) is 6.07 Å². The van der Waals surface area contributed by atoms with Crippen molar-refractivity contribution in [3.63, 3.8) is 0 Å². The normalized spacial score (nSPS) is 14.2. The number of ether oxygens (including phenoxy) is 1. The fourth-order valence-electron chi connectivity index (χ4n) is 2.39. The van der Waals surface area contributed by atoms with E-state index in [4.69, 9.17) is 4.74 Å². The quantitative estimate of drug-likeness (QED) is 0.861. The molecule has 0 radical (unpaired) electrons. The fraction of sp³-hybridized carbons (Fsp3) is 0.333. The molecule has 0 bridgehead atoms. The largest absolute Gasteiger partial charge is 0.493 e. The van der Waals surface area contributed by atoms with E-state index < -0.39 is 0 Å². The first-order chi connectivity index (χ1) is 10.3. The second kappa shape index (κ2) is 6.27. The molecule has 1 fully saturated rings. The third-order valence-electron chi connectivity index (χ3n) is 3.71. The molecule has 3 heteroatoms. The van der Waals surface area contributed by atoms with E-state index in [0.29, 0.717) is 19.2 Å². The zero-order chi connectivity index (χ0) is 14.7. The van der Waals surface area contributed by atoms with Crippen molar-refractivity contribution in [2.45, 2.75) is 32.4 Å². The molecule has 0 heterocycles. The molecule has 1 aliphatic carbocycles. The van der Waals surface area contributed by atoms with E-state index in [1.165, 1.54) is 12.8 Å². The van der Waals surface area contributed by atoms with Crippen LogP contribution in [0.1, 0.15) is 25.3 Å². The van der Waals surface area contributed by atoms with Crippen LogP contribution in [0.2, 0.25) is 0 Å². The maximum atomic E-state index is 14.2. The molecule has 1 aliphatic rings. The number of rotatable bonds is 6. The topological polar surface area (TPSA) is 21.3 Å². The molecule has 0 saturated heterocycles. The van der Waals surface area contributed by atoms with Crippen LogP contribution in [0.15, 0.2) is 42.5 Å². The lowest BCUT2D eigenvalue weighted by Gasteiger charge is -2.11. The third-order valence-corrected chi connectivity index (χ3v) is 3.71. The summed E-state index contributed by atoms with van der Waals surface area (Å²) in [4.78, 5) is 0. The van der Waals surface area contributed by atoms with Crippen molar-refractivity contribution in [1.82, 2.24) is 5.32 Å². The molecule has 21 heavy (non-hydrogen) atoms. The van der Waals surface area contributed by atoms with Gasteiger partial charge in [-0.25, -0.2) is 4.39 Å². The molecule has 0 atom stereocenters. The van der Waals surface area contributed by atoms with Gasteiger partial charge < -0.3 is 10.1 Å². The Bertz CT molecular complexity index is 622. The zero-order valence-electron chi connectivity index (χ0n) is 12.2. The maximum Gasteiger partial charge on any atom is 0.128 e. The van der Waals surface area contributed by atoms with Crippen molar-refractivity contribution in [2.75, 3.05) is 6.61 Å². The van der Waals surface area contributed by atoms with Crippen LogP contribution in [0, 0.1) is 5.82 Å². The minimum absolute atomic E-state index is 0.160. The fourth-order valence-corrected chi connectivity index (χ4v) is 2.39. The first-order valence-corrected chi connectivity index (χ1v) is 7.52. The summed E-state index contributed by atoms with van der Waals surface area (Å²) in [5.74, 6) is 0.634. The van der Waals surface area contributed by atoms with E-state index >= 15 is 0 Å². The lowest BCUT2D eigenvalue weighted by molar-refractivity contribution is 0.341. The summed E-state index contributed by atoms with van der Waals surface area (Å²) in [7, 11) is 0. The molecule has 0 aromatic heterocycles. The Kier molecular flexibility index (Phi) is 4.20. The van der Waals surface area contributed by atoms with Gasteiger partial charge in [0.25, 0.3) is 0 Å². The highest BCUT2D eigenvalue weighted by Crippen LogP contribution is 2.31. The van der Waals surface area contributed by atoms with Gasteiger partial charge >= 0.3 is 0 Å². The summed E-state index contributed by atoms with van der Waals surface area (Å²) in [5, 5.41) is 3.34. The van der Waals surface area contributed by atoms with Crippen LogP contribution in [0.4, 0.5) is 4.39 Å². The standard InChI is InChI=1S/C18H20FNO/c1-2-21-18-6-4-3-5-16(18)13-7-8-14(17(19)11-13)12-20-15-9-10-15/h3-8,11,15,20H,2,9-10,12H2,1H3. The lowest BCUT2D eigenvalue weighted by atomic mass is 10.0. The monoisotopic (exact) mass is 285 g/mol. The predicted octanol–water partition coefficient (Wildman–Crippen LogP) is 4.14. The van der Waals surface area contributed by atoms with E-state index in [-0.39, 0.29) is 5.82 Å². The molecular formula is C18H20FNO. The van der Waals surface area contributed by atoms with E-state index in [9.17, 15) is 4.39 Å². The first kappa shape index (κ1) is 14.1. The second-order valence-corrected chi connectivity index (χ2v) is 5.39. The van der Waals surface area contributed by atoms with Crippen LogP contribution in [0.5, 0.6) is 5.75 Å². The Labute approximate surface area is 125 Å². The summed E-state index contributed by atoms with van der Waals surface area (Å²) < 4.78 is 19.9. The molecule has 0 aliphatic heterocycles. The minimum atomic E-state index is -0.160. The van der Waals surface area contributed by atoms with E-state index in [1.807, 2.05) is 43.3 Å². The molecule has 3 rings (SSSR count). The van der Waals surface area contributed by atoms with Gasteiger partial charge in [0.15, 0.2) is 0 Å². The Morgan fingerprint density at radius 2 is 2.00 bits per heavy atom. The summed E-state index contributed by atoms with van der Waals surface area (Å²) in [5.41, 5.74) is 2.51. The Hall–Kier alpha value is -1.87. The summed E-state index contributed by atoms with van der Waals surface area (Å²) in [6.45, 7) is 3.15. The van der Waals surface area contributed by atoms with Crippen LogP contribution in [0.3, 0.4) is 0 Å². The van der Waals surface area contributed by atoms with Gasteiger partial charge in [-0.2, -0.15) is 0 Å². The molecule has 1 N–H and O–H groups in total. The van der Waals surface area contributed by atoms with Gasteiger partial charge in [0.2, 0.25) is 0 Å². The van der Waals surface area contributed by atoms with Gasteiger partial charge in [-0.05, 0) is 37.5 Å². The summed E-state index contributed by atoms with van der Waals surface area (Å²) in [6, 6.07) is 13.8. The van der Waals surface area contributed by atoms with Gasteiger partial charge in [-0.1, -0.05) is 30.3 Å². The summed E-state index contributed by atoms with van der Waals surface area (Å²) in [6.07, 6.45) is 2.42. The first-order valence-electron chi connectivity index (χ1n) is 7.52. The van der Waals surface area contributed by atoms with E-state index in [0.717, 1.165) is 22.4 Å². The molecular weight excluding hydrogens is 265 g/mol. The van der Waals surface area contributed by atoms with Gasteiger partial charge in [0, 0.05) is 23.7 Å². The number of benzene rings is 2. The predicted molar refractivity (Wildman–Crippen MR) is 82.9 cm³/mol. The average Bonchev–Trinajstić information content (AvgIpc) is 3.31. The zero-order valence-corrected chi connectivity index (χ0v) is 12.2. The molecule has 2 aromatic rings. The van der Waals surface area contributed by atoms with Crippen molar-refractivity contribution < 1.29 is 9.13 Å². The van der Waals surface area contributed by atoms with Crippen molar-refractivity contribution >= 4 is 0 Å². The number of halogens is 1. The molecule has 1 saturated carbocycles. The molecule has 0 amide bonds. The lowest BCUT2D eigenvalue weighted by Crippen LogP contribution is -2.16. The van der Waals surface area contributed by atoms with Crippen LogP contribution < -0.4 is 10.1 Å². The van der Waals surface area contributed by atoms with Crippen LogP contribution in [-0.2, 0) is 6.54 Å². The highest BCUT2D eigenvalue weighted by molar-refractivity contribution is 5.70. The summed E-state index contributed by atoms with van der Waals surface area (Å²) >= 11 is 0. The van der Waals surface area contributed by atoms with Crippen molar-refractivity contribution in [1.29, 1.82) is 0 Å². The average molecular weight is 285 g/mol. The molecule has 2 aromatic carbocycles. The number of hydrogen-bond acceptors (Lipinski definition) is 2. The van der Waals surface area contributed by atoms with Crippen LogP contribution in [0.25, 0.3) is 11.1 Å². The smallest absolute Gasteiger partial charge is 0.128 e. The van der Waals surface area contributed by atoms with E-state index in [2.05, 4.69) is 5.32 Å². The Balaban J connectivity index is 1.83. The van der Waals surface area contributed by atoms with Crippen molar-refractivity contribution in [3.8, 4) is 16.9 Å².